The molecule has 0 N–H and O–H groups in total. The first-order valence-corrected chi connectivity index (χ1v) is 36.8. The van der Waals surface area contributed by atoms with Crippen molar-refractivity contribution in [2.75, 3.05) is 0 Å². The maximum Gasteiger partial charge on any atom is 0.213 e. The molecule has 0 amide bonds. The van der Waals surface area contributed by atoms with Gasteiger partial charge in [0.1, 0.15) is 28.2 Å². The fourth-order valence-electron chi connectivity index (χ4n) is 17.7. The van der Waals surface area contributed by atoms with Gasteiger partial charge < -0.3 is 0 Å². The minimum atomic E-state index is -2.11. The Morgan fingerprint density at radius 3 is 0.981 bits per heavy atom. The number of benzene rings is 12. The average molecular weight is 1360 g/mol. The molecule has 12 aromatic carbocycles. The molecule has 4 heteroatoms. The van der Waals surface area contributed by atoms with Crippen LogP contribution in [-0.2, 0) is 34.6 Å². The highest BCUT2D eigenvalue weighted by Gasteiger charge is 2.34. The van der Waals surface area contributed by atoms with Crippen LogP contribution in [0.2, 0.25) is 0 Å². The number of fused-ring (bicyclic) bond motifs is 12. The van der Waals surface area contributed by atoms with Crippen molar-refractivity contribution >= 4 is 43.1 Å². The van der Waals surface area contributed by atoms with Crippen molar-refractivity contribution in [2.24, 2.45) is 33.6 Å². The van der Waals surface area contributed by atoms with E-state index in [1.807, 2.05) is 50.7 Å². The fourth-order valence-corrected chi connectivity index (χ4v) is 17.7. The normalized spacial score (nSPS) is 13.0. The van der Waals surface area contributed by atoms with E-state index in [1.165, 1.54) is 205 Å². The Bertz CT molecular complexity index is 6610. The zero-order valence-electron chi connectivity index (χ0n) is 67.6. The number of pyridine rings is 4. The zero-order chi connectivity index (χ0) is 76.9. The van der Waals surface area contributed by atoms with Gasteiger partial charge in [0.15, 0.2) is 24.8 Å². The molecule has 0 radical (unpaired) electrons. The quantitative estimate of drug-likeness (QED) is 0.153. The lowest BCUT2D eigenvalue weighted by molar-refractivity contribution is -0.660. The molecule has 0 saturated heterocycles. The van der Waals surface area contributed by atoms with Gasteiger partial charge in [-0.15, -0.1) is 0 Å². The number of rotatable bonds is 5. The van der Waals surface area contributed by atoms with Gasteiger partial charge in [-0.1, -0.05) is 215 Å². The first kappa shape index (κ1) is 60.8. The van der Waals surface area contributed by atoms with Crippen molar-refractivity contribution in [2.45, 2.75) is 82.5 Å². The van der Waals surface area contributed by atoms with E-state index in [0.29, 0.717) is 5.56 Å². The Morgan fingerprint density at radius 1 is 0.276 bits per heavy atom. The topological polar surface area (TPSA) is 15.5 Å². The average Bonchev–Trinajstić information content (AvgIpc) is 1.57. The summed E-state index contributed by atoms with van der Waals surface area (Å²) < 4.78 is 49.3. The van der Waals surface area contributed by atoms with Crippen LogP contribution in [0, 0.1) is 60.7 Å². The molecular weight excluding hydrogens is 1270 g/mol. The van der Waals surface area contributed by atoms with Crippen molar-refractivity contribution in [1.82, 2.24) is 0 Å². The Labute approximate surface area is 626 Å². The Balaban J connectivity index is 0.000000107. The highest BCUT2D eigenvalue weighted by molar-refractivity contribution is 6.23. The first-order chi connectivity index (χ1) is 52.7. The molecule has 510 valence electrons. The molecule has 4 aliphatic carbocycles. The van der Waals surface area contributed by atoms with Crippen LogP contribution in [0.3, 0.4) is 0 Å². The number of hydrogen-bond acceptors (Lipinski definition) is 0. The summed E-state index contributed by atoms with van der Waals surface area (Å²) in [7, 11) is 8.27. The fraction of sp³-hybridized carbons (Fsp3) is 0.168. The smallest absolute Gasteiger partial charge is 0.201 e. The minimum Gasteiger partial charge on any atom is -0.201 e. The molecule has 0 aliphatic heterocycles. The second-order valence-electron chi connectivity index (χ2n) is 30.6. The first-order valence-electron chi connectivity index (χ1n) is 39.3. The summed E-state index contributed by atoms with van der Waals surface area (Å²) in [5, 5.41) is 10.5. The number of hydrogen-bond donors (Lipinski definition) is 0. The van der Waals surface area contributed by atoms with Crippen molar-refractivity contribution in [1.29, 1.82) is 0 Å². The lowest BCUT2D eigenvalue weighted by Crippen LogP contribution is -2.31. The van der Waals surface area contributed by atoms with Crippen molar-refractivity contribution in [3.05, 3.63) is 311 Å². The molecule has 0 fully saturated rings. The van der Waals surface area contributed by atoms with E-state index in [9.17, 15) is 0 Å². The molecule has 0 saturated carbocycles. The third kappa shape index (κ3) is 11.1. The molecular formula is C101H90N4+4. The summed E-state index contributed by atoms with van der Waals surface area (Å²) >= 11 is 0. The predicted molar refractivity (Wildman–Crippen MR) is 441 cm³/mol. The van der Waals surface area contributed by atoms with Gasteiger partial charge in [0.25, 0.3) is 0 Å². The van der Waals surface area contributed by atoms with Crippen LogP contribution in [0.1, 0.15) is 77.7 Å². The molecule has 105 heavy (non-hydrogen) atoms. The maximum atomic E-state index is 8.82. The zero-order valence-corrected chi connectivity index (χ0v) is 62.6. The number of aryl methyl sites for hydroxylation is 12. The van der Waals surface area contributed by atoms with E-state index >= 15 is 0 Å². The lowest BCUT2D eigenvalue weighted by Gasteiger charge is -2.18. The maximum absolute atomic E-state index is 8.82. The largest absolute Gasteiger partial charge is 0.213 e. The molecule has 0 spiro atoms. The van der Waals surface area contributed by atoms with Gasteiger partial charge in [0.2, 0.25) is 22.8 Å². The highest BCUT2D eigenvalue weighted by Crippen LogP contribution is 2.56. The van der Waals surface area contributed by atoms with Gasteiger partial charge in [-0.05, 0) is 222 Å². The van der Waals surface area contributed by atoms with Crippen LogP contribution in [-0.4, -0.2) is 0 Å². The summed E-state index contributed by atoms with van der Waals surface area (Å²) in [4.78, 5) is 0. The minimum absolute atomic E-state index is 0.356. The third-order valence-corrected chi connectivity index (χ3v) is 22.3. The van der Waals surface area contributed by atoms with E-state index in [4.69, 9.17) is 6.85 Å². The lowest BCUT2D eigenvalue weighted by atomic mass is 9.86. The van der Waals surface area contributed by atoms with E-state index in [1.54, 1.807) is 12.3 Å². The molecule has 4 nitrogen and oxygen atoms in total. The summed E-state index contributed by atoms with van der Waals surface area (Å²) in [6, 6.07) is 84.8. The second kappa shape index (κ2) is 25.6. The van der Waals surface area contributed by atoms with Crippen LogP contribution >= 0.6 is 0 Å². The molecule has 4 aliphatic rings. The van der Waals surface area contributed by atoms with Gasteiger partial charge in [-0.25, -0.2) is 18.3 Å². The van der Waals surface area contributed by atoms with Crippen LogP contribution in [0.4, 0.5) is 0 Å². The molecule has 20 rings (SSSR count). The van der Waals surface area contributed by atoms with Gasteiger partial charge in [-0.2, -0.15) is 0 Å². The van der Waals surface area contributed by atoms with Gasteiger partial charge in [0, 0.05) is 76.6 Å². The van der Waals surface area contributed by atoms with Gasteiger partial charge in [-0.3, -0.25) is 0 Å². The van der Waals surface area contributed by atoms with Crippen molar-refractivity contribution < 1.29 is 25.1 Å². The van der Waals surface area contributed by atoms with Crippen LogP contribution in [0.5, 0.6) is 0 Å². The van der Waals surface area contributed by atoms with E-state index < -0.39 is 18.6 Å². The number of nitrogens with zero attached hydrogens (tertiary/aromatic N) is 4. The standard InChI is InChI=1S/C28H28N.C25H22N.2C24H20N/c1-18-15-20-9-8-12-22-21-10-6-7-11-23(21)27(26(20)22)25(18)24-16-19(13-14-29(24)5)17-28(2,3)4;1-15-13-22(26(4)14-17(15)3)23-16(2)12-18-8-7-11-20-19-9-5-6-10-21(19)25(23)24(18)20;1-15-11-12-21(25(3)14-15)22-16(2)13-17-7-6-10-19-18-8-4-5-9-20(18)24(22)23(17)19;1-15-11-12-25(3)21(13-15)22-16(2)14-17-7-6-10-19-18-8-4-5-9-20(18)24(22)23(17)19/h6-16H,17H2,1-5H3;5-14H,1-4H3;2*4-14H,1-3H3/q4*+1/i17D2;;1D3;. The van der Waals surface area contributed by atoms with Crippen LogP contribution in [0.25, 0.3) is 177 Å². The van der Waals surface area contributed by atoms with E-state index in [2.05, 4.69) is 314 Å². The Morgan fingerprint density at radius 2 is 0.610 bits per heavy atom. The van der Waals surface area contributed by atoms with E-state index in [0.717, 1.165) is 17.0 Å². The Kier molecular flexibility index (Phi) is 14.8. The summed E-state index contributed by atoms with van der Waals surface area (Å²) in [6.45, 7) is 19.1. The second-order valence-corrected chi connectivity index (χ2v) is 30.6. The molecule has 0 atom stereocenters. The molecule has 16 aromatic rings. The SMILES string of the molecule is Cc1cc(-c2c(C)cc3cccc4c3c2-c2ccccc2-4)[n+](C)cc1C.Cc1cc[n+](C)c(-c2c(C)cc3cccc4c3c2-c2ccccc2-4)c1.[2H]C([2H])([2H])c1ccc(-c2c(C)cc3cccc4c3c2-c2ccccc2-4)[n+](C)c1.[2H]C([2H])(c1cc[n+](C)c(-c2c(C)cc3cccc4c3c2-c2ccccc2-4)c1)C(C)(C)C. The van der Waals surface area contributed by atoms with E-state index in [-0.39, 0.29) is 0 Å². The summed E-state index contributed by atoms with van der Waals surface area (Å²) in [6.07, 6.45) is 6.69. The number of aromatic nitrogens is 4. The molecule has 0 unspecified atom stereocenters. The van der Waals surface area contributed by atoms with Gasteiger partial charge in [0.05, 0.1) is 22.3 Å². The summed E-state index contributed by atoms with van der Waals surface area (Å²) in [5.74, 6) is 0. The Hall–Kier alpha value is -11.7. The molecule has 4 heterocycles. The predicted octanol–water partition coefficient (Wildman–Crippen LogP) is 24.0. The van der Waals surface area contributed by atoms with Crippen LogP contribution < -0.4 is 18.3 Å². The highest BCUT2D eigenvalue weighted by atomic mass is 14.9. The molecule has 4 aromatic heterocycles. The van der Waals surface area contributed by atoms with Gasteiger partial charge >= 0.3 is 0 Å². The van der Waals surface area contributed by atoms with Crippen molar-refractivity contribution in [3.63, 3.8) is 0 Å². The van der Waals surface area contributed by atoms with Crippen molar-refractivity contribution in [3.8, 4) is 134 Å². The van der Waals surface area contributed by atoms with Crippen LogP contribution in [0.15, 0.2) is 261 Å². The monoisotopic (exact) mass is 1360 g/mol. The summed E-state index contributed by atoms with van der Waals surface area (Å²) in [5.41, 5.74) is 40.3. The molecule has 0 bridgehead atoms. The third-order valence-electron chi connectivity index (χ3n) is 22.3.